The first-order valence-electron chi connectivity index (χ1n) is 9.31. The fourth-order valence-corrected chi connectivity index (χ4v) is 5.39. The molecule has 1 aromatic rings. The van der Waals surface area contributed by atoms with E-state index < -0.39 is 10.0 Å². The molecule has 1 heterocycles. The summed E-state index contributed by atoms with van der Waals surface area (Å²) in [6.45, 7) is 0.615. The molecule has 7 heteroatoms. The number of nitriles is 1. The standard InChI is InChI=1S/C19H25N3O3S/c20-13-15-6-4-10-18(12-15)26(24,25)22-11-5-7-16(14-22)19(23)21-17-8-2-1-3-9-17/h4,6,10,12,16-17H,1-3,5,7-9,11,14H2,(H,21,23)/t16-/m1/s1. The van der Waals surface area contributed by atoms with Crippen LogP contribution in [0.3, 0.4) is 0 Å². The molecule has 1 amide bonds. The summed E-state index contributed by atoms with van der Waals surface area (Å²) in [6.07, 6.45) is 6.92. The van der Waals surface area contributed by atoms with Crippen LogP contribution in [0.15, 0.2) is 29.2 Å². The highest BCUT2D eigenvalue weighted by atomic mass is 32.2. The lowest BCUT2D eigenvalue weighted by Crippen LogP contribution is -2.47. The van der Waals surface area contributed by atoms with Crippen LogP contribution in [0.25, 0.3) is 0 Å². The lowest BCUT2D eigenvalue weighted by Gasteiger charge is -2.32. The minimum Gasteiger partial charge on any atom is -0.353 e. The van der Waals surface area contributed by atoms with Crippen molar-refractivity contribution in [1.29, 1.82) is 5.26 Å². The van der Waals surface area contributed by atoms with Gasteiger partial charge in [-0.05, 0) is 43.9 Å². The predicted octanol–water partition coefficient (Wildman–Crippen LogP) is 2.41. The van der Waals surface area contributed by atoms with Gasteiger partial charge in [0.1, 0.15) is 0 Å². The summed E-state index contributed by atoms with van der Waals surface area (Å²) in [5.41, 5.74) is 0.315. The number of piperidine rings is 1. The molecule has 3 rings (SSSR count). The zero-order valence-corrected chi connectivity index (χ0v) is 15.7. The molecule has 1 aromatic carbocycles. The van der Waals surface area contributed by atoms with E-state index in [2.05, 4.69) is 5.32 Å². The van der Waals surface area contributed by atoms with E-state index in [1.807, 2.05) is 6.07 Å². The van der Waals surface area contributed by atoms with Crippen molar-refractivity contribution in [3.63, 3.8) is 0 Å². The van der Waals surface area contributed by atoms with Gasteiger partial charge >= 0.3 is 0 Å². The molecule has 1 saturated carbocycles. The number of hydrogen-bond acceptors (Lipinski definition) is 4. The van der Waals surface area contributed by atoms with E-state index in [9.17, 15) is 13.2 Å². The minimum atomic E-state index is -3.69. The first-order chi connectivity index (χ1) is 12.5. The summed E-state index contributed by atoms with van der Waals surface area (Å²) in [5, 5.41) is 12.1. The van der Waals surface area contributed by atoms with Crippen LogP contribution in [-0.2, 0) is 14.8 Å². The van der Waals surface area contributed by atoms with Crippen molar-refractivity contribution in [2.75, 3.05) is 13.1 Å². The quantitative estimate of drug-likeness (QED) is 0.875. The Morgan fingerprint density at radius 3 is 2.65 bits per heavy atom. The normalized spacial score (nSPS) is 22.5. The highest BCUT2D eigenvalue weighted by molar-refractivity contribution is 7.89. The van der Waals surface area contributed by atoms with E-state index in [-0.39, 0.29) is 29.3 Å². The van der Waals surface area contributed by atoms with Crippen molar-refractivity contribution < 1.29 is 13.2 Å². The van der Waals surface area contributed by atoms with Gasteiger partial charge in [-0.15, -0.1) is 0 Å². The summed E-state index contributed by atoms with van der Waals surface area (Å²) < 4.78 is 27.2. The Morgan fingerprint density at radius 2 is 1.92 bits per heavy atom. The van der Waals surface area contributed by atoms with Crippen molar-refractivity contribution in [3.05, 3.63) is 29.8 Å². The van der Waals surface area contributed by atoms with Gasteiger partial charge in [0.15, 0.2) is 0 Å². The van der Waals surface area contributed by atoms with Gasteiger partial charge in [-0.2, -0.15) is 9.57 Å². The molecular formula is C19H25N3O3S. The number of amides is 1. The van der Waals surface area contributed by atoms with Crippen LogP contribution < -0.4 is 5.32 Å². The van der Waals surface area contributed by atoms with Crippen molar-refractivity contribution in [2.24, 2.45) is 5.92 Å². The maximum Gasteiger partial charge on any atom is 0.243 e. The Morgan fingerprint density at radius 1 is 1.15 bits per heavy atom. The molecule has 1 saturated heterocycles. The number of benzene rings is 1. The van der Waals surface area contributed by atoms with Gasteiger partial charge in [0.25, 0.3) is 0 Å². The fourth-order valence-electron chi connectivity index (χ4n) is 3.82. The highest BCUT2D eigenvalue weighted by Crippen LogP contribution is 2.25. The fraction of sp³-hybridized carbons (Fsp3) is 0.579. The van der Waals surface area contributed by atoms with E-state index in [4.69, 9.17) is 5.26 Å². The highest BCUT2D eigenvalue weighted by Gasteiger charge is 2.34. The molecular weight excluding hydrogens is 350 g/mol. The molecule has 0 unspecified atom stereocenters. The van der Waals surface area contributed by atoms with E-state index in [1.165, 1.54) is 22.9 Å². The Balaban J connectivity index is 1.68. The lowest BCUT2D eigenvalue weighted by molar-refractivity contribution is -0.127. The number of carbonyl (C=O) groups excluding carboxylic acids is 1. The molecule has 0 aromatic heterocycles. The van der Waals surface area contributed by atoms with Crippen LogP contribution >= 0.6 is 0 Å². The number of carbonyl (C=O) groups is 1. The minimum absolute atomic E-state index is 0.0254. The van der Waals surface area contributed by atoms with Gasteiger partial charge in [0.05, 0.1) is 22.4 Å². The van der Waals surface area contributed by atoms with Crippen molar-refractivity contribution in [2.45, 2.75) is 55.9 Å². The molecule has 2 fully saturated rings. The lowest BCUT2D eigenvalue weighted by atomic mass is 9.93. The summed E-state index contributed by atoms with van der Waals surface area (Å²) in [7, 11) is -3.69. The second kappa shape index (κ2) is 8.19. The van der Waals surface area contributed by atoms with Gasteiger partial charge < -0.3 is 5.32 Å². The SMILES string of the molecule is N#Cc1cccc(S(=O)(=O)N2CCC[C@@H](C(=O)NC3CCCCC3)C2)c1. The van der Waals surface area contributed by atoms with Gasteiger partial charge in [-0.25, -0.2) is 8.42 Å². The summed E-state index contributed by atoms with van der Waals surface area (Å²) in [5.74, 6) is -0.331. The zero-order chi connectivity index (χ0) is 18.6. The van der Waals surface area contributed by atoms with Crippen molar-refractivity contribution in [3.8, 4) is 6.07 Å². The molecule has 26 heavy (non-hydrogen) atoms. The Labute approximate surface area is 155 Å². The van der Waals surface area contributed by atoms with Crippen LogP contribution in [0.5, 0.6) is 0 Å². The summed E-state index contributed by atoms with van der Waals surface area (Å²) >= 11 is 0. The van der Waals surface area contributed by atoms with E-state index in [1.54, 1.807) is 12.1 Å². The average molecular weight is 375 g/mol. The first kappa shape index (κ1) is 18.9. The summed E-state index contributed by atoms with van der Waals surface area (Å²) in [6, 6.07) is 8.24. The number of nitrogens with one attached hydrogen (secondary N) is 1. The summed E-state index contributed by atoms with van der Waals surface area (Å²) in [4.78, 5) is 12.7. The molecule has 1 atom stereocenters. The molecule has 1 aliphatic heterocycles. The number of hydrogen-bond donors (Lipinski definition) is 1. The van der Waals surface area contributed by atoms with Gasteiger partial charge in [-0.3, -0.25) is 4.79 Å². The molecule has 0 bridgehead atoms. The Kier molecular flexibility index (Phi) is 5.94. The van der Waals surface area contributed by atoms with Crippen molar-refractivity contribution in [1.82, 2.24) is 9.62 Å². The molecule has 6 nitrogen and oxygen atoms in total. The predicted molar refractivity (Wildman–Crippen MR) is 97.7 cm³/mol. The average Bonchev–Trinajstić information content (AvgIpc) is 2.69. The molecule has 1 aliphatic carbocycles. The number of rotatable bonds is 4. The second-order valence-electron chi connectivity index (χ2n) is 7.19. The van der Waals surface area contributed by atoms with Gasteiger partial charge in [0.2, 0.25) is 15.9 Å². The Hall–Kier alpha value is -1.91. The van der Waals surface area contributed by atoms with Crippen LogP contribution in [-0.4, -0.2) is 37.8 Å². The molecule has 1 N–H and O–H groups in total. The maximum absolute atomic E-state index is 12.9. The third kappa shape index (κ3) is 4.25. The van der Waals surface area contributed by atoms with E-state index in [0.717, 1.165) is 25.7 Å². The van der Waals surface area contributed by atoms with E-state index >= 15 is 0 Å². The monoisotopic (exact) mass is 375 g/mol. The first-order valence-corrected chi connectivity index (χ1v) is 10.8. The smallest absolute Gasteiger partial charge is 0.243 e. The topological polar surface area (TPSA) is 90.3 Å². The van der Waals surface area contributed by atoms with Crippen molar-refractivity contribution >= 4 is 15.9 Å². The largest absolute Gasteiger partial charge is 0.353 e. The van der Waals surface area contributed by atoms with Crippen LogP contribution in [0.2, 0.25) is 0 Å². The molecule has 2 aliphatic rings. The Bertz CT molecular complexity index is 794. The van der Waals surface area contributed by atoms with Gasteiger partial charge in [-0.1, -0.05) is 25.3 Å². The van der Waals surface area contributed by atoms with Crippen LogP contribution in [0.4, 0.5) is 0 Å². The van der Waals surface area contributed by atoms with Crippen LogP contribution in [0.1, 0.15) is 50.5 Å². The second-order valence-corrected chi connectivity index (χ2v) is 9.12. The zero-order valence-electron chi connectivity index (χ0n) is 14.9. The third-order valence-corrected chi connectivity index (χ3v) is 7.17. The molecule has 0 radical (unpaired) electrons. The number of nitrogens with zero attached hydrogens (tertiary/aromatic N) is 2. The van der Waals surface area contributed by atoms with Crippen LogP contribution in [0, 0.1) is 17.2 Å². The maximum atomic E-state index is 12.9. The van der Waals surface area contributed by atoms with Gasteiger partial charge in [0, 0.05) is 19.1 Å². The number of sulfonamides is 1. The molecule has 0 spiro atoms. The molecule has 140 valence electrons. The third-order valence-electron chi connectivity index (χ3n) is 5.31. The van der Waals surface area contributed by atoms with E-state index in [0.29, 0.717) is 24.9 Å².